The lowest BCUT2D eigenvalue weighted by atomic mass is 10.1. The third-order valence-corrected chi connectivity index (χ3v) is 4.44. The Morgan fingerprint density at radius 3 is 2.53 bits per heavy atom. The van der Waals surface area contributed by atoms with Crippen LogP contribution in [0.1, 0.15) is 11.1 Å². The van der Waals surface area contributed by atoms with Crippen molar-refractivity contribution in [2.75, 3.05) is 20.3 Å². The minimum Gasteiger partial charge on any atom is -0.497 e. The Kier molecular flexibility index (Phi) is 6.85. The van der Waals surface area contributed by atoms with Gasteiger partial charge in [0.15, 0.2) is 6.61 Å². The van der Waals surface area contributed by atoms with Crippen molar-refractivity contribution in [2.24, 2.45) is 0 Å². The van der Waals surface area contributed by atoms with Crippen molar-refractivity contribution in [1.82, 2.24) is 15.1 Å². The zero-order valence-corrected chi connectivity index (χ0v) is 17.3. The second-order valence-electron chi connectivity index (χ2n) is 6.97. The Balaban J connectivity index is 1.56. The summed E-state index contributed by atoms with van der Waals surface area (Å²) in [5.41, 5.74) is 3.41. The number of aromatic nitrogens is 2. The first-order chi connectivity index (χ1) is 14.4. The van der Waals surface area contributed by atoms with Crippen molar-refractivity contribution in [3.8, 4) is 22.8 Å². The van der Waals surface area contributed by atoms with E-state index >= 15 is 0 Å². The fourth-order valence-corrected chi connectivity index (χ4v) is 3.06. The number of hydrogen-bond donors (Lipinski definition) is 1. The second-order valence-corrected chi connectivity index (χ2v) is 6.97. The second kappa shape index (κ2) is 9.73. The molecule has 0 radical (unpaired) electrons. The molecule has 30 heavy (non-hydrogen) atoms. The minimum atomic E-state index is -0.258. The summed E-state index contributed by atoms with van der Waals surface area (Å²) in [4.78, 5) is 24.2. The Morgan fingerprint density at radius 1 is 1.03 bits per heavy atom. The van der Waals surface area contributed by atoms with Gasteiger partial charge in [0.05, 0.1) is 19.3 Å². The largest absolute Gasteiger partial charge is 0.497 e. The van der Waals surface area contributed by atoms with E-state index in [1.165, 1.54) is 10.7 Å². The summed E-state index contributed by atoms with van der Waals surface area (Å²) in [6.45, 7) is 4.39. The van der Waals surface area contributed by atoms with Gasteiger partial charge >= 0.3 is 0 Å². The molecular formula is C23H25N3O4. The van der Waals surface area contributed by atoms with Crippen LogP contribution in [0.5, 0.6) is 11.5 Å². The van der Waals surface area contributed by atoms with Gasteiger partial charge in [0.1, 0.15) is 11.5 Å². The molecule has 3 rings (SSSR count). The highest BCUT2D eigenvalue weighted by molar-refractivity contribution is 5.77. The first-order valence-corrected chi connectivity index (χ1v) is 9.65. The first-order valence-electron chi connectivity index (χ1n) is 9.65. The van der Waals surface area contributed by atoms with Crippen LogP contribution in [0.2, 0.25) is 0 Å². The number of aryl methyl sites for hydroxylation is 2. The van der Waals surface area contributed by atoms with Gasteiger partial charge in [0.2, 0.25) is 0 Å². The van der Waals surface area contributed by atoms with E-state index in [4.69, 9.17) is 9.47 Å². The Bertz CT molecular complexity index is 1070. The van der Waals surface area contributed by atoms with Crippen molar-refractivity contribution in [3.63, 3.8) is 0 Å². The molecule has 0 saturated carbocycles. The molecule has 0 spiro atoms. The Morgan fingerprint density at radius 2 is 1.80 bits per heavy atom. The van der Waals surface area contributed by atoms with E-state index in [1.807, 2.05) is 56.3 Å². The van der Waals surface area contributed by atoms with Crippen LogP contribution in [0.25, 0.3) is 11.3 Å². The highest BCUT2D eigenvalue weighted by Gasteiger charge is 2.07. The molecule has 7 nitrogen and oxygen atoms in total. The molecule has 1 aromatic heterocycles. The average molecular weight is 407 g/mol. The summed E-state index contributed by atoms with van der Waals surface area (Å²) in [6.07, 6.45) is 0. The third-order valence-electron chi connectivity index (χ3n) is 4.44. The maximum atomic E-state index is 12.1. The fraction of sp³-hybridized carbons (Fsp3) is 0.261. The zero-order valence-electron chi connectivity index (χ0n) is 17.3. The number of carbonyl (C=O) groups is 1. The highest BCUT2D eigenvalue weighted by Crippen LogP contribution is 2.21. The standard InChI is InChI=1S/C23H25N3O4/c1-16-11-17(2)13-20(12-16)30-15-22(27)24-9-10-26-23(28)8-7-21(25-26)18-5-4-6-19(14-18)29-3/h4-8,11-14H,9-10,15H2,1-3H3,(H,24,27). The predicted molar refractivity (Wildman–Crippen MR) is 115 cm³/mol. The zero-order chi connectivity index (χ0) is 21.5. The minimum absolute atomic E-state index is 0.0882. The van der Waals surface area contributed by atoms with Crippen molar-refractivity contribution in [1.29, 1.82) is 0 Å². The molecule has 156 valence electrons. The summed E-state index contributed by atoms with van der Waals surface area (Å²) in [7, 11) is 1.60. The predicted octanol–water partition coefficient (Wildman–Crippen LogP) is 2.73. The molecule has 1 heterocycles. The van der Waals surface area contributed by atoms with E-state index in [2.05, 4.69) is 10.4 Å². The van der Waals surface area contributed by atoms with Crippen LogP contribution in [-0.2, 0) is 11.3 Å². The van der Waals surface area contributed by atoms with E-state index in [9.17, 15) is 9.59 Å². The van der Waals surface area contributed by atoms with Gasteiger partial charge in [-0.15, -0.1) is 0 Å². The van der Waals surface area contributed by atoms with Gasteiger partial charge in [-0.3, -0.25) is 9.59 Å². The molecule has 0 atom stereocenters. The lowest BCUT2D eigenvalue weighted by Crippen LogP contribution is -2.34. The van der Waals surface area contributed by atoms with Crippen LogP contribution in [0, 0.1) is 13.8 Å². The van der Waals surface area contributed by atoms with Gasteiger partial charge in [-0.2, -0.15) is 5.10 Å². The van der Waals surface area contributed by atoms with Crippen LogP contribution in [-0.4, -0.2) is 35.9 Å². The summed E-state index contributed by atoms with van der Waals surface area (Å²) in [5.74, 6) is 1.11. The number of methoxy groups -OCH3 is 1. The van der Waals surface area contributed by atoms with Crippen LogP contribution >= 0.6 is 0 Å². The maximum Gasteiger partial charge on any atom is 0.266 e. The molecule has 3 aromatic rings. The average Bonchev–Trinajstić information content (AvgIpc) is 2.73. The molecule has 0 saturated heterocycles. The summed E-state index contributed by atoms with van der Waals surface area (Å²) >= 11 is 0. The van der Waals surface area contributed by atoms with Gasteiger partial charge in [-0.25, -0.2) is 4.68 Å². The van der Waals surface area contributed by atoms with Gasteiger partial charge in [0.25, 0.3) is 11.5 Å². The van der Waals surface area contributed by atoms with Gasteiger partial charge in [-0.05, 0) is 55.3 Å². The molecule has 0 aliphatic heterocycles. The van der Waals surface area contributed by atoms with E-state index < -0.39 is 0 Å². The molecule has 0 aliphatic rings. The normalized spacial score (nSPS) is 10.5. The van der Waals surface area contributed by atoms with Gasteiger partial charge in [0, 0.05) is 18.2 Å². The Labute approximate surface area is 175 Å². The van der Waals surface area contributed by atoms with Gasteiger partial charge in [-0.1, -0.05) is 18.2 Å². The van der Waals surface area contributed by atoms with E-state index in [1.54, 1.807) is 13.2 Å². The molecule has 1 N–H and O–H groups in total. The SMILES string of the molecule is COc1cccc(-c2ccc(=O)n(CCNC(=O)COc3cc(C)cc(C)c3)n2)c1. The van der Waals surface area contributed by atoms with Crippen LogP contribution in [0.15, 0.2) is 59.4 Å². The number of amides is 1. The van der Waals surface area contributed by atoms with E-state index in [0.717, 1.165) is 16.7 Å². The smallest absolute Gasteiger partial charge is 0.266 e. The lowest BCUT2D eigenvalue weighted by molar-refractivity contribution is -0.123. The summed E-state index contributed by atoms with van der Waals surface area (Å²) in [5, 5.41) is 7.15. The molecule has 2 aromatic carbocycles. The topological polar surface area (TPSA) is 82.5 Å². The highest BCUT2D eigenvalue weighted by atomic mass is 16.5. The van der Waals surface area contributed by atoms with Crippen LogP contribution < -0.4 is 20.3 Å². The monoisotopic (exact) mass is 407 g/mol. The number of hydrogen-bond acceptors (Lipinski definition) is 5. The summed E-state index contributed by atoms with van der Waals surface area (Å²) < 4.78 is 12.1. The first kappa shape index (κ1) is 21.1. The van der Waals surface area contributed by atoms with E-state index in [-0.39, 0.29) is 31.2 Å². The number of nitrogens with one attached hydrogen (secondary N) is 1. The maximum absolute atomic E-state index is 12.1. The Hall–Kier alpha value is -3.61. The number of rotatable bonds is 8. The van der Waals surface area contributed by atoms with Crippen molar-refractivity contribution < 1.29 is 14.3 Å². The number of nitrogens with zero attached hydrogens (tertiary/aromatic N) is 2. The molecular weight excluding hydrogens is 382 g/mol. The molecule has 0 aliphatic carbocycles. The molecule has 0 unspecified atom stereocenters. The van der Waals surface area contributed by atoms with Crippen LogP contribution in [0.4, 0.5) is 0 Å². The summed E-state index contributed by atoms with van der Waals surface area (Å²) in [6, 6.07) is 16.4. The van der Waals surface area contributed by atoms with Gasteiger partial charge < -0.3 is 14.8 Å². The van der Waals surface area contributed by atoms with Crippen molar-refractivity contribution in [2.45, 2.75) is 20.4 Å². The molecule has 0 bridgehead atoms. The lowest BCUT2D eigenvalue weighted by Gasteiger charge is -2.10. The van der Waals surface area contributed by atoms with E-state index in [0.29, 0.717) is 17.2 Å². The molecule has 1 amide bonds. The quantitative estimate of drug-likeness (QED) is 0.621. The van der Waals surface area contributed by atoms with Crippen molar-refractivity contribution >= 4 is 5.91 Å². The van der Waals surface area contributed by atoms with Crippen LogP contribution in [0.3, 0.4) is 0 Å². The number of ether oxygens (including phenoxy) is 2. The number of carbonyl (C=O) groups excluding carboxylic acids is 1. The molecule has 0 fully saturated rings. The fourth-order valence-electron chi connectivity index (χ4n) is 3.06. The third kappa shape index (κ3) is 5.70. The van der Waals surface area contributed by atoms with Crippen molar-refractivity contribution in [3.05, 3.63) is 76.1 Å². The molecule has 7 heteroatoms. The number of benzene rings is 2.